The maximum absolute atomic E-state index is 13.5. The number of nitrogen functional groups attached to an aromatic ring is 1. The van der Waals surface area contributed by atoms with Crippen molar-refractivity contribution in [3.63, 3.8) is 0 Å². The number of carbonyl (C=O) groups is 1. The molecular weight excluding hydrogens is 568 g/mol. The van der Waals surface area contributed by atoms with Gasteiger partial charge in [0, 0.05) is 25.1 Å². The van der Waals surface area contributed by atoms with Crippen molar-refractivity contribution in [1.82, 2.24) is 29.9 Å². The van der Waals surface area contributed by atoms with E-state index in [4.69, 9.17) is 20.8 Å². The lowest BCUT2D eigenvalue weighted by molar-refractivity contribution is -0.302. The van der Waals surface area contributed by atoms with E-state index in [0.29, 0.717) is 28.2 Å². The molecular formula is C22H27N8O6S3-. The summed E-state index contributed by atoms with van der Waals surface area (Å²) in [5.41, 5.74) is 7.16. The van der Waals surface area contributed by atoms with E-state index in [1.54, 1.807) is 12.1 Å². The molecule has 4 rings (SSSR count). The van der Waals surface area contributed by atoms with Crippen LogP contribution in [-0.2, 0) is 24.8 Å². The van der Waals surface area contributed by atoms with Crippen LogP contribution in [0.4, 0.5) is 5.13 Å². The van der Waals surface area contributed by atoms with E-state index >= 15 is 0 Å². The molecule has 0 aliphatic carbocycles. The number of carbonyl (C=O) groups excluding carboxylic acids is 1. The number of H-pyrrole nitrogens is 1. The molecule has 2 aromatic carbocycles. The number of tetrazole rings is 1. The molecule has 0 atom stereocenters. The van der Waals surface area contributed by atoms with E-state index in [2.05, 4.69) is 25.6 Å². The number of unbranched alkanes of at least 4 members (excludes halogenated alkanes) is 2. The van der Waals surface area contributed by atoms with Gasteiger partial charge in [-0.15, -0.1) is 10.2 Å². The van der Waals surface area contributed by atoms with Crippen LogP contribution in [0.25, 0.3) is 32.7 Å². The smallest absolute Gasteiger partial charge is 0.244 e. The lowest BCUT2D eigenvalue weighted by atomic mass is 9.98. The Balaban J connectivity index is 0.000000983. The average Bonchev–Trinajstić information content (AvgIpc) is 3.51. The first-order valence-corrected chi connectivity index (χ1v) is 15.3. The Morgan fingerprint density at radius 3 is 2.41 bits per heavy atom. The van der Waals surface area contributed by atoms with Gasteiger partial charge in [-0.3, -0.25) is 0 Å². The summed E-state index contributed by atoms with van der Waals surface area (Å²) in [5.74, 6) is -1.21. The van der Waals surface area contributed by atoms with E-state index in [0.717, 1.165) is 28.8 Å². The number of nitrogens with two attached hydrogens (primary N) is 2. The zero-order valence-corrected chi connectivity index (χ0v) is 23.7. The number of fused-ring (bicyclic) bond motifs is 1. The molecule has 0 aliphatic heterocycles. The molecule has 2 heterocycles. The molecule has 17 heteroatoms. The first kappa shape index (κ1) is 30.0. The summed E-state index contributed by atoms with van der Waals surface area (Å²) in [7, 11) is -7.41. The van der Waals surface area contributed by atoms with E-state index in [1.165, 1.54) is 30.5 Å². The number of thiazole rings is 1. The highest BCUT2D eigenvalue weighted by Gasteiger charge is 2.34. The van der Waals surface area contributed by atoms with Crippen LogP contribution in [0, 0.1) is 0 Å². The van der Waals surface area contributed by atoms with Crippen LogP contribution in [0.1, 0.15) is 33.1 Å². The molecule has 0 bridgehead atoms. The van der Waals surface area contributed by atoms with Crippen LogP contribution in [0.5, 0.6) is 0 Å². The number of primary sulfonamides is 1. The number of sulfonamides is 2. The number of rotatable bonds is 9. The van der Waals surface area contributed by atoms with Crippen molar-refractivity contribution in [2.45, 2.75) is 42.9 Å². The van der Waals surface area contributed by atoms with Crippen molar-refractivity contribution in [2.75, 3.05) is 19.3 Å². The Bertz CT molecular complexity index is 1680. The zero-order valence-electron chi connectivity index (χ0n) is 21.3. The molecule has 0 radical (unpaired) electrons. The number of nitrogens with one attached hydrogen (secondary N) is 1. The third kappa shape index (κ3) is 6.74. The Hall–Kier alpha value is -3.51. The van der Waals surface area contributed by atoms with Crippen molar-refractivity contribution < 1.29 is 26.7 Å². The number of aromatic amines is 1. The number of nitrogens with zero attached hydrogens (tertiary/aromatic N) is 5. The number of aromatic nitrogens is 5. The van der Waals surface area contributed by atoms with Gasteiger partial charge >= 0.3 is 0 Å². The predicted octanol–water partition coefficient (Wildman–Crippen LogP) is 0.940. The number of hydrogen-bond acceptors (Lipinski definition) is 12. The number of para-hydroxylation sites is 1. The number of anilines is 1. The zero-order chi connectivity index (χ0) is 29.0. The molecule has 4 aromatic rings. The molecule has 0 fully saturated rings. The summed E-state index contributed by atoms with van der Waals surface area (Å²) in [6, 6.07) is 8.04. The second-order valence-electron chi connectivity index (χ2n) is 8.33. The number of carboxylic acids is 1. The Morgan fingerprint density at radius 2 is 1.82 bits per heavy atom. The second kappa shape index (κ2) is 12.1. The number of aliphatic carboxylic acids is 1. The van der Waals surface area contributed by atoms with Crippen molar-refractivity contribution in [2.24, 2.45) is 5.14 Å². The molecule has 0 saturated carbocycles. The van der Waals surface area contributed by atoms with Crippen molar-refractivity contribution in [1.29, 1.82) is 0 Å². The van der Waals surface area contributed by atoms with Gasteiger partial charge in [0.2, 0.25) is 25.9 Å². The molecule has 0 saturated heterocycles. The summed E-state index contributed by atoms with van der Waals surface area (Å²) in [5, 5.41) is 28.5. The Kier molecular flexibility index (Phi) is 9.34. The lowest BCUT2D eigenvalue weighted by Gasteiger charge is -2.21. The topological polar surface area (TPSA) is 231 Å². The standard InChI is InChI=1S/C20H24N8O4S3.C2H4O2/c1-3-4-5-11-28(2)35(31,32)15-10-9-12(13-7-6-8-14-17(13)23-20(21)33-14)16(18(15)34(22,29)30)19-24-26-27-25-19;1-2(3)4/h6-10H,3-5,11H2,1-2H3,(H2,21,23)(H2,22,29,30)(H,24,25,26,27);1H3,(H,3,4)/p-1. The number of hydrogen-bond donors (Lipinski definition) is 3. The highest BCUT2D eigenvalue weighted by Crippen LogP contribution is 2.42. The minimum Gasteiger partial charge on any atom is -0.550 e. The van der Waals surface area contributed by atoms with Crippen LogP contribution >= 0.6 is 11.3 Å². The normalized spacial score (nSPS) is 11.9. The van der Waals surface area contributed by atoms with Gasteiger partial charge in [-0.1, -0.05) is 49.3 Å². The Morgan fingerprint density at radius 1 is 1.13 bits per heavy atom. The first-order valence-electron chi connectivity index (χ1n) is 11.5. The van der Waals surface area contributed by atoms with E-state index in [9.17, 15) is 16.8 Å². The Labute approximate surface area is 229 Å². The van der Waals surface area contributed by atoms with E-state index in [1.807, 2.05) is 13.0 Å². The highest BCUT2D eigenvalue weighted by atomic mass is 32.2. The fraction of sp³-hybridized carbons (Fsp3) is 0.318. The summed E-state index contributed by atoms with van der Waals surface area (Å²) in [6.07, 6.45) is 2.36. The van der Waals surface area contributed by atoms with Gasteiger partial charge in [0.25, 0.3) is 0 Å². The van der Waals surface area contributed by atoms with Crippen molar-refractivity contribution >= 4 is 52.7 Å². The highest BCUT2D eigenvalue weighted by molar-refractivity contribution is 7.92. The summed E-state index contributed by atoms with van der Waals surface area (Å²) < 4.78 is 54.7. The number of benzene rings is 2. The molecule has 210 valence electrons. The lowest BCUT2D eigenvalue weighted by Crippen LogP contribution is -2.30. The number of carboxylic acid groups (broad SMARTS) is 1. The SMILES string of the molecule is CC(=O)[O-].CCCCCN(C)S(=O)(=O)c1ccc(-c2cccc3sc(N)nc23)c(-c2nn[nH]n2)c1S(N)(=O)=O. The van der Waals surface area contributed by atoms with Crippen LogP contribution < -0.4 is 16.0 Å². The molecule has 39 heavy (non-hydrogen) atoms. The molecule has 5 N–H and O–H groups in total. The third-order valence-corrected chi connectivity index (χ3v) is 9.34. The van der Waals surface area contributed by atoms with E-state index < -0.39 is 35.8 Å². The van der Waals surface area contributed by atoms with Gasteiger partial charge < -0.3 is 15.6 Å². The van der Waals surface area contributed by atoms with E-state index in [-0.39, 0.29) is 17.9 Å². The molecule has 0 unspecified atom stereocenters. The van der Waals surface area contributed by atoms with Gasteiger partial charge in [0.05, 0.1) is 15.8 Å². The van der Waals surface area contributed by atoms with Gasteiger partial charge in [0.15, 0.2) is 5.13 Å². The molecule has 14 nitrogen and oxygen atoms in total. The van der Waals surface area contributed by atoms with Crippen LogP contribution in [0.2, 0.25) is 0 Å². The van der Waals surface area contributed by atoms with Gasteiger partial charge in [-0.05, 0) is 36.3 Å². The second-order valence-corrected chi connectivity index (χ2v) is 12.9. The van der Waals surface area contributed by atoms with Gasteiger partial charge in [-0.25, -0.2) is 31.3 Å². The third-order valence-electron chi connectivity index (χ3n) is 5.47. The predicted molar refractivity (Wildman–Crippen MR) is 144 cm³/mol. The van der Waals surface area contributed by atoms with Crippen LogP contribution in [0.15, 0.2) is 40.1 Å². The minimum atomic E-state index is -4.58. The largest absolute Gasteiger partial charge is 0.550 e. The average molecular weight is 596 g/mol. The van der Waals surface area contributed by atoms with Crippen molar-refractivity contribution in [3.05, 3.63) is 30.3 Å². The minimum absolute atomic E-state index is 0.0941. The summed E-state index contributed by atoms with van der Waals surface area (Å²) in [4.78, 5) is 12.2. The quantitative estimate of drug-likeness (QED) is 0.230. The fourth-order valence-electron chi connectivity index (χ4n) is 3.82. The van der Waals surface area contributed by atoms with Gasteiger partial charge in [-0.2, -0.15) is 5.21 Å². The van der Waals surface area contributed by atoms with Crippen molar-refractivity contribution in [3.8, 4) is 22.5 Å². The van der Waals surface area contributed by atoms with Gasteiger partial charge in [0.1, 0.15) is 9.79 Å². The maximum atomic E-state index is 13.5. The van der Waals surface area contributed by atoms with Crippen LogP contribution in [0.3, 0.4) is 0 Å². The summed E-state index contributed by atoms with van der Waals surface area (Å²) >= 11 is 1.27. The monoisotopic (exact) mass is 595 g/mol. The molecule has 0 amide bonds. The molecule has 0 aliphatic rings. The maximum Gasteiger partial charge on any atom is 0.244 e. The molecule has 0 spiro atoms. The van der Waals surface area contributed by atoms with Crippen LogP contribution in [-0.4, -0.2) is 66.3 Å². The molecule has 2 aromatic heterocycles. The summed E-state index contributed by atoms with van der Waals surface area (Å²) in [6.45, 7) is 3.19. The first-order chi connectivity index (χ1) is 18.3. The fourth-order valence-corrected chi connectivity index (χ4v) is 7.36.